The number of halogens is 2. The van der Waals surface area contributed by atoms with Gasteiger partial charge >= 0.3 is 0 Å². The zero-order chi connectivity index (χ0) is 31.5. The van der Waals surface area contributed by atoms with Gasteiger partial charge in [0, 0.05) is 48.3 Å². The summed E-state index contributed by atoms with van der Waals surface area (Å²) in [6.07, 6.45) is 6.17. The molecule has 2 aliphatic rings. The molecule has 2 amide bonds. The van der Waals surface area contributed by atoms with Gasteiger partial charge < -0.3 is 15.1 Å². The molecule has 1 unspecified atom stereocenters. The molecule has 0 bridgehead atoms. The lowest BCUT2D eigenvalue weighted by Gasteiger charge is -2.27. The molecular weight excluding hydrogens is 633 g/mol. The number of likely N-dealkylation sites (tertiary alicyclic amines) is 1. The molecule has 0 aromatic carbocycles. The predicted molar refractivity (Wildman–Crippen MR) is 163 cm³/mol. The Hall–Kier alpha value is -4.17. The van der Waals surface area contributed by atoms with Crippen LogP contribution < -0.4 is 5.32 Å². The number of anilines is 1. The Morgan fingerprint density at radius 2 is 1.84 bits per heavy atom. The third-order valence-electron chi connectivity index (χ3n) is 8.34. The number of nitrogens with zero attached hydrogens (tertiary/aromatic N) is 8. The largest absolute Gasteiger partial charge is 0.325 e. The van der Waals surface area contributed by atoms with Gasteiger partial charge in [0.2, 0.25) is 11.8 Å². The summed E-state index contributed by atoms with van der Waals surface area (Å²) in [5.41, 5.74) is 2.25. The van der Waals surface area contributed by atoms with Gasteiger partial charge in [0.1, 0.15) is 34.5 Å². The highest BCUT2D eigenvalue weighted by molar-refractivity contribution is 9.10. The normalized spacial score (nSPS) is 20.7. The molecule has 2 fully saturated rings. The Labute approximate surface area is 261 Å². The summed E-state index contributed by atoms with van der Waals surface area (Å²) in [7, 11) is 3.94. The monoisotopic (exact) mass is 663 g/mol. The molecule has 0 radical (unpaired) electrons. The minimum Gasteiger partial charge on any atom is -0.325 e. The molecule has 4 aromatic rings. The van der Waals surface area contributed by atoms with Crippen LogP contribution in [0.4, 0.5) is 10.2 Å². The van der Waals surface area contributed by atoms with Gasteiger partial charge in [-0.3, -0.25) is 24.0 Å². The molecular formula is C30H31BrFN9O3. The summed E-state index contributed by atoms with van der Waals surface area (Å²) in [4.78, 5) is 61.1. The van der Waals surface area contributed by atoms with Crippen molar-refractivity contribution >= 4 is 50.2 Å². The van der Waals surface area contributed by atoms with E-state index >= 15 is 0 Å². The summed E-state index contributed by atoms with van der Waals surface area (Å²) in [5, 5.41) is 7.88. The number of hydrogen-bond acceptors (Lipinski definition) is 9. The minimum atomic E-state index is -0.758. The maximum Gasteiger partial charge on any atom is 0.248 e. The molecule has 3 atom stereocenters. The van der Waals surface area contributed by atoms with Crippen molar-refractivity contribution in [2.24, 2.45) is 5.41 Å². The van der Waals surface area contributed by atoms with Crippen molar-refractivity contribution in [2.75, 3.05) is 26.0 Å². The van der Waals surface area contributed by atoms with Crippen LogP contribution in [0.5, 0.6) is 0 Å². The van der Waals surface area contributed by atoms with Crippen LogP contribution in [-0.4, -0.2) is 89.8 Å². The lowest BCUT2D eigenvalue weighted by molar-refractivity contribution is -0.138. The molecule has 1 aliphatic heterocycles. The number of piperidine rings is 1. The number of pyridine rings is 2. The molecule has 6 rings (SSSR count). The molecule has 228 valence electrons. The second-order valence-corrected chi connectivity index (χ2v) is 12.7. The molecule has 1 saturated carbocycles. The molecule has 4 aromatic heterocycles. The van der Waals surface area contributed by atoms with Crippen LogP contribution in [0, 0.1) is 25.1 Å². The van der Waals surface area contributed by atoms with E-state index in [0.29, 0.717) is 40.0 Å². The smallest absolute Gasteiger partial charge is 0.248 e. The van der Waals surface area contributed by atoms with Gasteiger partial charge in [0.25, 0.3) is 0 Å². The van der Waals surface area contributed by atoms with Gasteiger partial charge in [0.05, 0.1) is 17.4 Å². The fraction of sp³-hybridized carbons (Fsp3) is 0.400. The number of carbonyl (C=O) groups excluding carboxylic acids is 3. The number of rotatable bonds is 8. The van der Waals surface area contributed by atoms with E-state index in [0.717, 1.165) is 13.0 Å². The van der Waals surface area contributed by atoms with Crippen LogP contribution in [-0.2, 0) is 16.1 Å². The fourth-order valence-electron chi connectivity index (χ4n) is 6.30. The summed E-state index contributed by atoms with van der Waals surface area (Å²) in [5.74, 6) is -0.621. The summed E-state index contributed by atoms with van der Waals surface area (Å²) < 4.78 is 15.4. The lowest BCUT2D eigenvalue weighted by Crippen LogP contribution is -2.47. The van der Waals surface area contributed by atoms with E-state index in [4.69, 9.17) is 0 Å². The number of aryl methyl sites for hydroxylation is 2. The van der Waals surface area contributed by atoms with Gasteiger partial charge in [-0.05, 0) is 74.4 Å². The molecule has 1 saturated heterocycles. The Balaban J connectivity index is 1.31. The first-order valence-corrected chi connectivity index (χ1v) is 14.9. The number of hydrogen-bond donors (Lipinski definition) is 1. The number of fused-ring (bicyclic) bond motifs is 2. The van der Waals surface area contributed by atoms with Gasteiger partial charge in [-0.2, -0.15) is 5.10 Å². The highest BCUT2D eigenvalue weighted by Gasteiger charge is 2.67. The van der Waals surface area contributed by atoms with E-state index in [-0.39, 0.29) is 51.7 Å². The van der Waals surface area contributed by atoms with Crippen LogP contribution >= 0.6 is 15.9 Å². The number of amides is 2. The summed E-state index contributed by atoms with van der Waals surface area (Å²) in [6.45, 7) is 5.40. The summed E-state index contributed by atoms with van der Waals surface area (Å²) >= 11 is 3.08. The number of Topliss-reactive ketones (excluding diaryl/α,β-unsaturated/α-hetero) is 1. The van der Waals surface area contributed by atoms with Crippen LogP contribution in [0.2, 0.25) is 0 Å². The molecule has 1 aliphatic carbocycles. The number of carbonyl (C=O) groups is 3. The minimum absolute atomic E-state index is 0.0109. The zero-order valence-corrected chi connectivity index (χ0v) is 26.5. The van der Waals surface area contributed by atoms with Crippen molar-refractivity contribution in [2.45, 2.75) is 52.2 Å². The highest BCUT2D eigenvalue weighted by Crippen LogP contribution is 2.60. The number of ketones is 1. The summed E-state index contributed by atoms with van der Waals surface area (Å²) in [6, 6.07) is 2.16. The van der Waals surface area contributed by atoms with Crippen LogP contribution in [0.25, 0.3) is 22.2 Å². The third-order valence-corrected chi connectivity index (χ3v) is 8.89. The van der Waals surface area contributed by atoms with E-state index in [1.807, 2.05) is 14.1 Å². The first-order valence-electron chi connectivity index (χ1n) is 14.1. The predicted octanol–water partition coefficient (Wildman–Crippen LogP) is 3.56. The number of nitrogens with one attached hydrogen (secondary N) is 1. The Bertz CT molecular complexity index is 1830. The van der Waals surface area contributed by atoms with Gasteiger partial charge in [0.15, 0.2) is 11.6 Å². The maximum atomic E-state index is 14.0. The molecule has 1 N–H and O–H groups in total. The zero-order valence-electron chi connectivity index (χ0n) is 24.9. The van der Waals surface area contributed by atoms with Crippen LogP contribution in [0.1, 0.15) is 41.6 Å². The van der Waals surface area contributed by atoms with E-state index in [1.54, 1.807) is 43.4 Å². The van der Waals surface area contributed by atoms with E-state index in [2.05, 4.69) is 51.2 Å². The lowest BCUT2D eigenvalue weighted by atomic mass is 9.98. The maximum absolute atomic E-state index is 14.0. The van der Waals surface area contributed by atoms with E-state index in [9.17, 15) is 18.8 Å². The average Bonchev–Trinajstić information content (AvgIpc) is 3.36. The standard InChI is InChI=1S/C30H31BrFN9O3/c1-15-6-20(32)27(31)36-28(15)37-29(44)22-8-30(14-39(4)5)9-24(30)41(22)25(43)13-40-23-12-35-21(18-10-33-17(3)34-11-18)7-19(23)26(38-40)16(2)42/h6-7,10-12,22,24H,8-9,13-14H2,1-5H3,(H,36,37,44)/t22-,24?,30-/m0/s1. The third kappa shape index (κ3) is 5.36. The van der Waals surface area contributed by atoms with Crippen molar-refractivity contribution < 1.29 is 18.8 Å². The molecule has 14 heteroatoms. The van der Waals surface area contributed by atoms with Crippen molar-refractivity contribution in [1.29, 1.82) is 0 Å². The van der Waals surface area contributed by atoms with Gasteiger partial charge in [-0.25, -0.2) is 19.3 Å². The topological polar surface area (TPSA) is 139 Å². The first kappa shape index (κ1) is 29.9. The van der Waals surface area contributed by atoms with Crippen LogP contribution in [0.15, 0.2) is 35.3 Å². The molecule has 5 heterocycles. The van der Waals surface area contributed by atoms with E-state index < -0.39 is 11.9 Å². The number of aromatic nitrogens is 6. The van der Waals surface area contributed by atoms with Gasteiger partial charge in [-0.15, -0.1) is 0 Å². The fourth-order valence-corrected chi connectivity index (χ4v) is 6.59. The molecule has 0 spiro atoms. The second kappa shape index (κ2) is 11.1. The van der Waals surface area contributed by atoms with Crippen molar-refractivity contribution in [3.05, 3.63) is 58.2 Å². The SMILES string of the molecule is CC(=O)c1nn(CC(=O)N2C3C[C@]3(CN(C)C)C[C@H]2C(=O)Nc2nc(Br)c(F)cc2C)c2cnc(-c3cnc(C)nc3)cc12. The molecule has 44 heavy (non-hydrogen) atoms. The van der Waals surface area contributed by atoms with Crippen molar-refractivity contribution in [3.8, 4) is 11.3 Å². The second-order valence-electron chi connectivity index (χ2n) is 11.9. The Kier molecular flexibility index (Phi) is 7.52. The van der Waals surface area contributed by atoms with Crippen molar-refractivity contribution in [1.82, 2.24) is 39.5 Å². The Morgan fingerprint density at radius 1 is 1.11 bits per heavy atom. The highest BCUT2D eigenvalue weighted by atomic mass is 79.9. The quantitative estimate of drug-likeness (QED) is 0.221. The van der Waals surface area contributed by atoms with Gasteiger partial charge in [-0.1, -0.05) is 0 Å². The molecule has 12 nitrogen and oxygen atoms in total. The Morgan fingerprint density at radius 3 is 2.52 bits per heavy atom. The first-order chi connectivity index (χ1) is 20.9. The average molecular weight is 665 g/mol. The van der Waals surface area contributed by atoms with Crippen molar-refractivity contribution in [3.63, 3.8) is 0 Å². The van der Waals surface area contributed by atoms with E-state index in [1.165, 1.54) is 17.7 Å². The van der Waals surface area contributed by atoms with Crippen LogP contribution in [0.3, 0.4) is 0 Å².